The molecule has 9 nitrogen and oxygen atoms in total. The maximum Gasteiger partial charge on any atom is 0.265 e. The number of carbonyl (C=O) groups is 3. The Balaban J connectivity index is 0.914. The molecule has 4 aliphatic rings. The molecular formula is C42H37F2N5O4S. The van der Waals surface area contributed by atoms with Crippen molar-refractivity contribution in [1.29, 1.82) is 0 Å². The first-order valence-electron chi connectivity index (χ1n) is 18.3. The van der Waals surface area contributed by atoms with Crippen LogP contribution in [0.25, 0.3) is 10.4 Å². The monoisotopic (exact) mass is 745 g/mol. The average Bonchev–Trinajstić information content (AvgIpc) is 3.97. The number of nitrogens with zero attached hydrogens (tertiary/aromatic N) is 3. The summed E-state index contributed by atoms with van der Waals surface area (Å²) in [7, 11) is 0. The minimum Gasteiger partial charge on any atom is -0.381 e. The molecule has 3 amide bonds. The summed E-state index contributed by atoms with van der Waals surface area (Å²) in [6, 6.07) is 21.6. The number of hydrogen-bond acceptors (Lipinski definition) is 7. The second-order valence-corrected chi connectivity index (χ2v) is 15.7. The third-order valence-electron chi connectivity index (χ3n) is 11.0. The SMILES string of the molecule is O=C(Nc1c(F)cccc1F)c1cc2c(s1)-c1ccccc1N(C(=O)c1ccc(NC(=O)c3cc(C4CC4)cnc3N3CC4(CCOCC4)C3)cc1)CC2. The van der Waals surface area contributed by atoms with E-state index in [0.717, 1.165) is 85.7 Å². The van der Waals surface area contributed by atoms with Crippen LogP contribution in [0.5, 0.6) is 0 Å². The van der Waals surface area contributed by atoms with Crippen LogP contribution in [0.1, 0.15) is 73.1 Å². The zero-order valence-corrected chi connectivity index (χ0v) is 30.2. The number of ether oxygens (including phenoxy) is 1. The van der Waals surface area contributed by atoms with Gasteiger partial charge in [-0.25, -0.2) is 13.8 Å². The highest BCUT2D eigenvalue weighted by Crippen LogP contribution is 2.45. The number of rotatable bonds is 7. The van der Waals surface area contributed by atoms with E-state index in [0.29, 0.717) is 52.1 Å². The van der Waals surface area contributed by atoms with Gasteiger partial charge in [0.1, 0.15) is 23.1 Å². The normalized spacial score (nSPS) is 17.2. The Morgan fingerprint density at radius 3 is 2.35 bits per heavy atom. The Hall–Kier alpha value is -5.46. The van der Waals surface area contributed by atoms with Crippen LogP contribution in [0.2, 0.25) is 0 Å². The fourth-order valence-corrected chi connectivity index (χ4v) is 8.97. The molecular weight excluding hydrogens is 709 g/mol. The number of carbonyl (C=O) groups excluding carboxylic acids is 3. The van der Waals surface area contributed by atoms with E-state index in [2.05, 4.69) is 15.5 Å². The second-order valence-electron chi connectivity index (χ2n) is 14.7. The van der Waals surface area contributed by atoms with E-state index in [9.17, 15) is 23.2 Å². The van der Waals surface area contributed by atoms with Crippen molar-refractivity contribution in [3.63, 3.8) is 0 Å². The number of anilines is 4. The van der Waals surface area contributed by atoms with E-state index >= 15 is 0 Å². The maximum absolute atomic E-state index is 14.2. The van der Waals surface area contributed by atoms with Gasteiger partial charge in [-0.05, 0) is 104 Å². The summed E-state index contributed by atoms with van der Waals surface area (Å²) in [5.41, 5.74) is 4.77. The zero-order chi connectivity index (χ0) is 37.0. The van der Waals surface area contributed by atoms with Crippen LogP contribution in [0.4, 0.5) is 31.7 Å². The molecule has 3 aliphatic heterocycles. The molecule has 12 heteroatoms. The summed E-state index contributed by atoms with van der Waals surface area (Å²) >= 11 is 1.22. The van der Waals surface area contributed by atoms with Gasteiger partial charge in [0.05, 0.1) is 16.1 Å². The first-order chi connectivity index (χ1) is 26.2. The highest BCUT2D eigenvalue weighted by Gasteiger charge is 2.45. The summed E-state index contributed by atoms with van der Waals surface area (Å²) in [5.74, 6) is -1.59. The molecule has 5 aromatic rings. The molecule has 1 saturated carbocycles. The predicted molar refractivity (Wildman–Crippen MR) is 205 cm³/mol. The number of benzene rings is 3. The summed E-state index contributed by atoms with van der Waals surface area (Å²) < 4.78 is 34.1. The Bertz CT molecular complexity index is 2270. The van der Waals surface area contributed by atoms with Gasteiger partial charge in [0.25, 0.3) is 17.7 Å². The lowest BCUT2D eigenvalue weighted by molar-refractivity contribution is -0.000512. The van der Waals surface area contributed by atoms with E-state index in [1.54, 1.807) is 35.2 Å². The van der Waals surface area contributed by atoms with Crippen molar-refractivity contribution >= 4 is 51.9 Å². The lowest BCUT2D eigenvalue weighted by atomic mass is 9.73. The molecule has 0 unspecified atom stereocenters. The van der Waals surface area contributed by atoms with Crippen molar-refractivity contribution in [3.8, 4) is 10.4 Å². The molecule has 9 rings (SSSR count). The maximum atomic E-state index is 14.2. The first-order valence-corrected chi connectivity index (χ1v) is 19.1. The van der Waals surface area contributed by atoms with Gasteiger partial charge < -0.3 is 25.2 Å². The number of pyridine rings is 1. The molecule has 1 aliphatic carbocycles. The van der Waals surface area contributed by atoms with Gasteiger partial charge in [0.15, 0.2) is 0 Å². The molecule has 0 atom stereocenters. The molecule has 3 aromatic carbocycles. The van der Waals surface area contributed by atoms with Crippen LogP contribution in [0.15, 0.2) is 85.1 Å². The minimum absolute atomic E-state index is 0.202. The Labute approximate surface area is 315 Å². The summed E-state index contributed by atoms with van der Waals surface area (Å²) in [6.07, 6.45) is 6.65. The smallest absolute Gasteiger partial charge is 0.265 e. The summed E-state index contributed by atoms with van der Waals surface area (Å²) in [5, 5.41) is 5.42. The van der Waals surface area contributed by atoms with Crippen molar-refractivity contribution in [2.24, 2.45) is 5.41 Å². The Morgan fingerprint density at radius 2 is 1.61 bits per heavy atom. The lowest BCUT2D eigenvalue weighted by Crippen LogP contribution is -2.59. The minimum atomic E-state index is -0.854. The highest BCUT2D eigenvalue weighted by atomic mass is 32.1. The number of fused-ring (bicyclic) bond motifs is 3. The topological polar surface area (TPSA) is 104 Å². The Morgan fingerprint density at radius 1 is 0.870 bits per heavy atom. The summed E-state index contributed by atoms with van der Waals surface area (Å²) in [4.78, 5) is 50.9. The number of thiophene rings is 1. The molecule has 5 heterocycles. The van der Waals surface area contributed by atoms with Crippen molar-refractivity contribution < 1.29 is 27.9 Å². The average molecular weight is 746 g/mol. The molecule has 3 fully saturated rings. The highest BCUT2D eigenvalue weighted by molar-refractivity contribution is 7.17. The van der Waals surface area contributed by atoms with Gasteiger partial charge in [-0.15, -0.1) is 11.3 Å². The van der Waals surface area contributed by atoms with Crippen molar-refractivity contribution in [3.05, 3.63) is 124 Å². The van der Waals surface area contributed by atoms with Gasteiger partial charge in [0, 0.05) is 66.2 Å². The second kappa shape index (κ2) is 13.7. The Kier molecular flexibility index (Phi) is 8.74. The van der Waals surface area contributed by atoms with Crippen LogP contribution in [0, 0.1) is 17.0 Å². The molecule has 2 aromatic heterocycles. The number of para-hydroxylation sites is 2. The summed E-state index contributed by atoms with van der Waals surface area (Å²) in [6.45, 7) is 3.63. The van der Waals surface area contributed by atoms with Crippen LogP contribution in [-0.2, 0) is 11.2 Å². The van der Waals surface area contributed by atoms with Gasteiger partial charge in [-0.2, -0.15) is 0 Å². The van der Waals surface area contributed by atoms with Crippen LogP contribution < -0.4 is 20.4 Å². The molecule has 0 radical (unpaired) electrons. The van der Waals surface area contributed by atoms with E-state index in [4.69, 9.17) is 9.72 Å². The quantitative estimate of drug-likeness (QED) is 0.174. The lowest BCUT2D eigenvalue weighted by Gasteiger charge is -2.53. The number of amides is 3. The third kappa shape index (κ3) is 6.43. The van der Waals surface area contributed by atoms with Crippen LogP contribution in [-0.4, -0.2) is 55.6 Å². The predicted octanol–water partition coefficient (Wildman–Crippen LogP) is 8.29. The van der Waals surface area contributed by atoms with Crippen molar-refractivity contribution in [2.45, 2.75) is 38.0 Å². The van der Waals surface area contributed by atoms with Gasteiger partial charge >= 0.3 is 0 Å². The third-order valence-corrected chi connectivity index (χ3v) is 12.2. The van der Waals surface area contributed by atoms with E-state index in [1.807, 2.05) is 36.5 Å². The van der Waals surface area contributed by atoms with E-state index < -0.39 is 23.2 Å². The molecule has 1 spiro atoms. The molecule has 54 heavy (non-hydrogen) atoms. The molecule has 2 saturated heterocycles. The van der Waals surface area contributed by atoms with Crippen molar-refractivity contribution in [2.75, 3.05) is 53.3 Å². The number of halogens is 2. The molecule has 274 valence electrons. The number of hydrogen-bond donors (Lipinski definition) is 2. The fourth-order valence-electron chi connectivity index (χ4n) is 7.83. The van der Waals surface area contributed by atoms with Gasteiger partial charge in [-0.3, -0.25) is 14.4 Å². The van der Waals surface area contributed by atoms with E-state index in [-0.39, 0.29) is 17.2 Å². The fraction of sp³-hybridized carbons (Fsp3) is 0.286. The zero-order valence-electron chi connectivity index (χ0n) is 29.4. The standard InChI is InChI=1S/C42H37F2N5O4S/c43-32-5-3-6-33(44)36(32)47-40(51)35-21-27-14-17-49(34-7-2-1-4-30(34)37(27)54-35)41(52)26-10-12-29(13-11-26)46-39(50)31-20-28(25-8-9-25)22-45-38(31)48-23-42(24-48)15-18-53-19-16-42/h1-7,10-13,20-22,25H,8-9,14-19,23-24H2,(H,46,50)(H,47,51). The number of aromatic nitrogens is 1. The molecule has 0 bridgehead atoms. The van der Waals surface area contributed by atoms with Crippen molar-refractivity contribution in [1.82, 2.24) is 4.98 Å². The largest absolute Gasteiger partial charge is 0.381 e. The van der Waals surface area contributed by atoms with Gasteiger partial charge in [0.2, 0.25) is 0 Å². The van der Waals surface area contributed by atoms with Crippen LogP contribution >= 0.6 is 11.3 Å². The number of nitrogens with one attached hydrogen (secondary N) is 2. The first kappa shape index (κ1) is 34.3. The van der Waals surface area contributed by atoms with Gasteiger partial charge in [-0.1, -0.05) is 24.3 Å². The molecule has 2 N–H and O–H groups in total. The van der Waals surface area contributed by atoms with E-state index in [1.165, 1.54) is 17.4 Å². The van der Waals surface area contributed by atoms with Crippen LogP contribution in [0.3, 0.4) is 0 Å².